The van der Waals surface area contributed by atoms with Gasteiger partial charge in [0, 0.05) is 0 Å². The third-order valence-corrected chi connectivity index (χ3v) is 3.03. The number of hydrogen-bond donors (Lipinski definition) is 0. The SMILES string of the molecule is CCC/C=C(/C1=CCCC=C1)c1ccccc1. The van der Waals surface area contributed by atoms with Gasteiger partial charge in [-0.3, -0.25) is 0 Å². The van der Waals surface area contributed by atoms with Gasteiger partial charge in [-0.15, -0.1) is 0 Å². The highest BCUT2D eigenvalue weighted by molar-refractivity contribution is 5.81. The predicted molar refractivity (Wildman–Crippen MR) is 75.8 cm³/mol. The van der Waals surface area contributed by atoms with Gasteiger partial charge in [-0.2, -0.15) is 0 Å². The first-order valence-corrected chi connectivity index (χ1v) is 6.54. The lowest BCUT2D eigenvalue weighted by Crippen LogP contribution is -1.91. The van der Waals surface area contributed by atoms with Crippen molar-refractivity contribution in [1.29, 1.82) is 0 Å². The Kier molecular flexibility index (Phi) is 4.37. The molecule has 1 aliphatic carbocycles. The Balaban J connectivity index is 2.32. The zero-order chi connectivity index (χ0) is 11.9. The average molecular weight is 224 g/mol. The molecule has 1 aromatic carbocycles. The molecule has 0 spiro atoms. The van der Waals surface area contributed by atoms with Gasteiger partial charge in [0.25, 0.3) is 0 Å². The quantitative estimate of drug-likeness (QED) is 0.663. The van der Waals surface area contributed by atoms with Crippen molar-refractivity contribution in [1.82, 2.24) is 0 Å². The molecule has 0 radical (unpaired) electrons. The molecule has 1 aromatic rings. The number of benzene rings is 1. The van der Waals surface area contributed by atoms with E-state index >= 15 is 0 Å². The van der Waals surface area contributed by atoms with Crippen LogP contribution in [0.2, 0.25) is 0 Å². The van der Waals surface area contributed by atoms with E-state index in [1.54, 1.807) is 0 Å². The maximum Gasteiger partial charge on any atom is -0.0155 e. The van der Waals surface area contributed by atoms with Crippen LogP contribution in [-0.2, 0) is 0 Å². The largest absolute Gasteiger partial charge is 0.0836 e. The van der Waals surface area contributed by atoms with E-state index < -0.39 is 0 Å². The number of allylic oxidation sites excluding steroid dienone is 6. The van der Waals surface area contributed by atoms with Crippen molar-refractivity contribution in [3.05, 3.63) is 65.8 Å². The lowest BCUT2D eigenvalue weighted by molar-refractivity contribution is 0.958. The van der Waals surface area contributed by atoms with Gasteiger partial charge in [0.05, 0.1) is 0 Å². The second kappa shape index (κ2) is 6.24. The predicted octanol–water partition coefficient (Wildman–Crippen LogP) is 5.15. The third-order valence-electron chi connectivity index (χ3n) is 3.03. The zero-order valence-electron chi connectivity index (χ0n) is 10.5. The summed E-state index contributed by atoms with van der Waals surface area (Å²) < 4.78 is 0. The first kappa shape index (κ1) is 11.9. The van der Waals surface area contributed by atoms with Crippen molar-refractivity contribution in [3.8, 4) is 0 Å². The van der Waals surface area contributed by atoms with Crippen LogP contribution in [-0.4, -0.2) is 0 Å². The fraction of sp³-hybridized carbons (Fsp3) is 0.294. The lowest BCUT2D eigenvalue weighted by atomic mass is 9.93. The molecule has 0 unspecified atom stereocenters. The second-order valence-corrected chi connectivity index (χ2v) is 4.41. The molecule has 0 aromatic heterocycles. The molecule has 0 bridgehead atoms. The summed E-state index contributed by atoms with van der Waals surface area (Å²) in [5.74, 6) is 0. The first-order valence-electron chi connectivity index (χ1n) is 6.54. The molecule has 0 fully saturated rings. The maximum absolute atomic E-state index is 2.37. The molecule has 2 rings (SSSR count). The Bertz CT molecular complexity index is 432. The summed E-state index contributed by atoms with van der Waals surface area (Å²) in [5, 5.41) is 0. The highest BCUT2D eigenvalue weighted by atomic mass is 14.1. The molecule has 0 amide bonds. The van der Waals surface area contributed by atoms with Crippen molar-refractivity contribution < 1.29 is 0 Å². The Labute approximate surface area is 104 Å². The average Bonchev–Trinajstić information content (AvgIpc) is 2.42. The van der Waals surface area contributed by atoms with Gasteiger partial charge in [-0.1, -0.05) is 68.0 Å². The molecule has 17 heavy (non-hydrogen) atoms. The molecular weight excluding hydrogens is 204 g/mol. The Morgan fingerprint density at radius 2 is 2.00 bits per heavy atom. The van der Waals surface area contributed by atoms with E-state index in [1.807, 2.05) is 0 Å². The van der Waals surface area contributed by atoms with Crippen LogP contribution in [0.3, 0.4) is 0 Å². The summed E-state index contributed by atoms with van der Waals surface area (Å²) in [6, 6.07) is 10.7. The van der Waals surface area contributed by atoms with Crippen molar-refractivity contribution in [2.45, 2.75) is 32.6 Å². The fourth-order valence-electron chi connectivity index (χ4n) is 2.12. The molecule has 0 aliphatic heterocycles. The molecule has 0 N–H and O–H groups in total. The van der Waals surface area contributed by atoms with Crippen LogP contribution in [0.1, 0.15) is 38.2 Å². The van der Waals surface area contributed by atoms with E-state index in [1.165, 1.54) is 36.0 Å². The van der Waals surface area contributed by atoms with Crippen LogP contribution in [0.5, 0.6) is 0 Å². The monoisotopic (exact) mass is 224 g/mol. The third kappa shape index (κ3) is 3.20. The smallest absolute Gasteiger partial charge is 0.0155 e. The standard InChI is InChI=1S/C17H20/c1-2-3-14-17(15-10-6-4-7-11-15)16-12-8-5-9-13-16/h4,6-8,10-14H,2-3,5,9H2,1H3/b17-14+. The Morgan fingerprint density at radius 3 is 2.65 bits per heavy atom. The highest BCUT2D eigenvalue weighted by Crippen LogP contribution is 2.27. The zero-order valence-corrected chi connectivity index (χ0v) is 10.5. The van der Waals surface area contributed by atoms with Crippen molar-refractivity contribution >= 4 is 5.57 Å². The normalized spacial score (nSPS) is 15.8. The summed E-state index contributed by atoms with van der Waals surface area (Å²) in [4.78, 5) is 0. The number of hydrogen-bond acceptors (Lipinski definition) is 0. The van der Waals surface area contributed by atoms with Gasteiger partial charge >= 0.3 is 0 Å². The minimum Gasteiger partial charge on any atom is -0.0836 e. The van der Waals surface area contributed by atoms with Gasteiger partial charge < -0.3 is 0 Å². The molecule has 0 heteroatoms. The van der Waals surface area contributed by atoms with E-state index in [4.69, 9.17) is 0 Å². The van der Waals surface area contributed by atoms with E-state index in [9.17, 15) is 0 Å². The van der Waals surface area contributed by atoms with Crippen LogP contribution in [0.4, 0.5) is 0 Å². The summed E-state index contributed by atoms with van der Waals surface area (Å²) >= 11 is 0. The fourth-order valence-corrected chi connectivity index (χ4v) is 2.12. The molecule has 0 saturated carbocycles. The number of rotatable bonds is 4. The van der Waals surface area contributed by atoms with E-state index in [2.05, 4.69) is 61.6 Å². The van der Waals surface area contributed by atoms with E-state index in [-0.39, 0.29) is 0 Å². The number of unbranched alkanes of at least 4 members (excludes halogenated alkanes) is 1. The van der Waals surface area contributed by atoms with Crippen LogP contribution in [0, 0.1) is 0 Å². The maximum atomic E-state index is 2.37. The Morgan fingerprint density at radius 1 is 1.18 bits per heavy atom. The van der Waals surface area contributed by atoms with Gasteiger partial charge in [0.1, 0.15) is 0 Å². The van der Waals surface area contributed by atoms with Crippen molar-refractivity contribution in [2.24, 2.45) is 0 Å². The van der Waals surface area contributed by atoms with E-state index in [0.717, 1.165) is 6.42 Å². The molecule has 0 nitrogen and oxygen atoms in total. The molecule has 0 atom stereocenters. The molecule has 0 heterocycles. The summed E-state index contributed by atoms with van der Waals surface area (Å²) in [7, 11) is 0. The summed E-state index contributed by atoms with van der Waals surface area (Å²) in [5.41, 5.74) is 4.11. The van der Waals surface area contributed by atoms with Crippen molar-refractivity contribution in [2.75, 3.05) is 0 Å². The molecule has 88 valence electrons. The molecule has 1 aliphatic rings. The lowest BCUT2D eigenvalue weighted by Gasteiger charge is -2.12. The van der Waals surface area contributed by atoms with Gasteiger partial charge in [0.15, 0.2) is 0 Å². The highest BCUT2D eigenvalue weighted by Gasteiger charge is 2.06. The second-order valence-electron chi connectivity index (χ2n) is 4.41. The molecule has 0 saturated heterocycles. The van der Waals surface area contributed by atoms with E-state index in [0.29, 0.717) is 0 Å². The first-order chi connectivity index (χ1) is 8.42. The van der Waals surface area contributed by atoms with Gasteiger partial charge in [0.2, 0.25) is 0 Å². The molecular formula is C17H20. The van der Waals surface area contributed by atoms with Crippen LogP contribution < -0.4 is 0 Å². The van der Waals surface area contributed by atoms with Crippen molar-refractivity contribution in [3.63, 3.8) is 0 Å². The van der Waals surface area contributed by atoms with Crippen LogP contribution in [0.15, 0.2) is 60.2 Å². The topological polar surface area (TPSA) is 0 Å². The van der Waals surface area contributed by atoms with Crippen LogP contribution >= 0.6 is 0 Å². The van der Waals surface area contributed by atoms with Gasteiger partial charge in [-0.25, -0.2) is 0 Å². The minimum absolute atomic E-state index is 1.15. The van der Waals surface area contributed by atoms with Crippen LogP contribution in [0.25, 0.3) is 5.57 Å². The minimum atomic E-state index is 1.15. The van der Waals surface area contributed by atoms with Gasteiger partial charge in [-0.05, 0) is 36.0 Å². The summed E-state index contributed by atoms with van der Waals surface area (Å²) in [6.07, 6.45) is 14.0. The summed E-state index contributed by atoms with van der Waals surface area (Å²) in [6.45, 7) is 2.23. The Hall–Kier alpha value is -1.56.